The van der Waals surface area contributed by atoms with Crippen molar-refractivity contribution < 1.29 is 18.1 Å². The molecule has 1 rings (SSSR count). The van der Waals surface area contributed by atoms with Crippen LogP contribution >= 0.6 is 23.2 Å². The van der Waals surface area contributed by atoms with Crippen molar-refractivity contribution in [3.8, 4) is 0 Å². The number of aliphatic imine (C=N–C) groups is 1. The summed E-state index contributed by atoms with van der Waals surface area (Å²) in [7, 11) is 0. The van der Waals surface area contributed by atoms with E-state index in [1.807, 2.05) is 0 Å². The Morgan fingerprint density at radius 2 is 1.82 bits per heavy atom. The van der Waals surface area contributed by atoms with Crippen molar-refractivity contribution in [2.45, 2.75) is 20.0 Å². The van der Waals surface area contributed by atoms with Crippen molar-refractivity contribution in [1.82, 2.24) is 4.90 Å². The summed E-state index contributed by atoms with van der Waals surface area (Å²) in [5.41, 5.74) is -0.779. The number of alkyl halides is 3. The molecule has 0 unspecified atom stereocenters. The molecule has 0 radical (unpaired) electrons. The molecule has 5 nitrogen and oxygen atoms in total. The van der Waals surface area contributed by atoms with E-state index in [9.17, 15) is 23.3 Å². The molecule has 0 aromatic heterocycles. The molecule has 22 heavy (non-hydrogen) atoms. The highest BCUT2D eigenvalue weighted by Crippen LogP contribution is 2.36. The zero-order valence-electron chi connectivity index (χ0n) is 11.6. The van der Waals surface area contributed by atoms with Crippen molar-refractivity contribution in [1.29, 1.82) is 0 Å². The lowest BCUT2D eigenvalue weighted by Gasteiger charge is -2.24. The Bertz CT molecular complexity index is 602. The second-order valence-corrected chi connectivity index (χ2v) is 4.93. The maximum absolute atomic E-state index is 13.1. The molecule has 0 N–H and O–H groups in total. The van der Waals surface area contributed by atoms with Crippen LogP contribution < -0.4 is 0 Å². The number of hydrogen-bond donors (Lipinski definition) is 0. The molecule has 0 saturated heterocycles. The van der Waals surface area contributed by atoms with Gasteiger partial charge in [-0.25, -0.2) is 4.99 Å². The van der Waals surface area contributed by atoms with Crippen LogP contribution in [-0.2, 0) is 0 Å². The molecular weight excluding hydrogens is 346 g/mol. The quantitative estimate of drug-likeness (QED) is 0.335. The SMILES string of the molecule is CCN(CC)C(=Nc1cc(Cl)c([N+](=O)[O-])cc1Cl)C(F)(F)F. The third kappa shape index (κ3) is 4.23. The summed E-state index contributed by atoms with van der Waals surface area (Å²) in [6.45, 7) is 3.28. The van der Waals surface area contributed by atoms with E-state index in [1.54, 1.807) is 13.8 Å². The zero-order chi connectivity index (χ0) is 17.1. The Hall–Kier alpha value is -1.54. The maximum Gasteiger partial charge on any atom is 0.449 e. The van der Waals surface area contributed by atoms with Gasteiger partial charge in [-0.1, -0.05) is 23.2 Å². The number of benzene rings is 1. The van der Waals surface area contributed by atoms with Crippen LogP contribution in [0.4, 0.5) is 24.5 Å². The minimum Gasteiger partial charge on any atom is -0.353 e. The van der Waals surface area contributed by atoms with E-state index < -0.39 is 22.6 Å². The van der Waals surface area contributed by atoms with Crippen molar-refractivity contribution in [3.05, 3.63) is 32.3 Å². The van der Waals surface area contributed by atoms with Crippen LogP contribution in [0.3, 0.4) is 0 Å². The van der Waals surface area contributed by atoms with Crippen molar-refractivity contribution in [2.24, 2.45) is 4.99 Å². The van der Waals surface area contributed by atoms with E-state index in [1.165, 1.54) is 0 Å². The Morgan fingerprint density at radius 1 is 1.27 bits per heavy atom. The highest BCUT2D eigenvalue weighted by Gasteiger charge is 2.39. The topological polar surface area (TPSA) is 58.7 Å². The molecule has 0 aliphatic rings. The molecule has 10 heteroatoms. The zero-order valence-corrected chi connectivity index (χ0v) is 13.1. The van der Waals surface area contributed by atoms with Gasteiger partial charge >= 0.3 is 6.18 Å². The smallest absolute Gasteiger partial charge is 0.353 e. The number of rotatable bonds is 4. The number of nitrogens with zero attached hydrogens (tertiary/aromatic N) is 3. The standard InChI is InChI=1S/C12H12Cl2F3N3O2/c1-3-19(4-2)11(12(15,16)17)18-9-5-8(14)10(20(21)22)6-7(9)13/h5-6H,3-4H2,1-2H3. The van der Waals surface area contributed by atoms with E-state index in [0.29, 0.717) is 0 Å². The Balaban J connectivity index is 3.44. The molecule has 0 aliphatic heterocycles. The number of halogens is 5. The first-order chi connectivity index (χ1) is 10.1. The summed E-state index contributed by atoms with van der Waals surface area (Å²) in [6.07, 6.45) is -4.69. The van der Waals surface area contributed by atoms with Crippen LogP contribution in [0.25, 0.3) is 0 Å². The Kier molecular flexibility index (Phi) is 6.01. The predicted octanol–water partition coefficient (Wildman–Crippen LogP) is 4.84. The second-order valence-electron chi connectivity index (χ2n) is 4.12. The van der Waals surface area contributed by atoms with Gasteiger partial charge < -0.3 is 4.90 Å². The summed E-state index contributed by atoms with van der Waals surface area (Å²) in [5, 5.41) is 10.1. The van der Waals surface area contributed by atoms with Crippen LogP contribution in [0.5, 0.6) is 0 Å². The minimum absolute atomic E-state index is 0.0905. The summed E-state index contributed by atoms with van der Waals surface area (Å²) >= 11 is 11.5. The summed E-state index contributed by atoms with van der Waals surface area (Å²) in [4.78, 5) is 14.4. The third-order valence-electron chi connectivity index (χ3n) is 2.76. The Morgan fingerprint density at radius 3 is 2.23 bits per heavy atom. The Labute approximate surface area is 134 Å². The van der Waals surface area contributed by atoms with Crippen LogP contribution in [-0.4, -0.2) is 34.9 Å². The lowest BCUT2D eigenvalue weighted by Crippen LogP contribution is -2.41. The minimum atomic E-state index is -4.69. The van der Waals surface area contributed by atoms with Gasteiger partial charge in [-0.15, -0.1) is 0 Å². The normalized spacial score (nSPS) is 12.4. The number of amidine groups is 1. The molecule has 0 fully saturated rings. The number of hydrogen-bond acceptors (Lipinski definition) is 3. The fourth-order valence-electron chi connectivity index (χ4n) is 1.70. The average molecular weight is 358 g/mol. The summed E-state index contributed by atoms with van der Waals surface area (Å²) in [6, 6.07) is 1.82. The fourth-order valence-corrected chi connectivity index (χ4v) is 2.13. The first-order valence-electron chi connectivity index (χ1n) is 6.16. The molecule has 1 aromatic carbocycles. The monoisotopic (exact) mass is 357 g/mol. The second kappa shape index (κ2) is 7.15. The number of nitro benzene ring substituents is 1. The van der Waals surface area contributed by atoms with E-state index in [2.05, 4.69) is 4.99 Å². The first-order valence-corrected chi connectivity index (χ1v) is 6.91. The first kappa shape index (κ1) is 18.5. The van der Waals surface area contributed by atoms with Crippen molar-refractivity contribution >= 4 is 40.4 Å². The van der Waals surface area contributed by atoms with Crippen LogP contribution in [0.1, 0.15) is 13.8 Å². The van der Waals surface area contributed by atoms with Gasteiger partial charge in [0, 0.05) is 19.2 Å². The van der Waals surface area contributed by atoms with Gasteiger partial charge in [0.2, 0.25) is 5.84 Å². The molecule has 1 aromatic rings. The van der Waals surface area contributed by atoms with Gasteiger partial charge in [-0.05, 0) is 19.9 Å². The highest BCUT2D eigenvalue weighted by atomic mass is 35.5. The fraction of sp³-hybridized carbons (Fsp3) is 0.417. The largest absolute Gasteiger partial charge is 0.449 e. The van der Waals surface area contributed by atoms with E-state index in [0.717, 1.165) is 17.0 Å². The predicted molar refractivity (Wildman–Crippen MR) is 79.2 cm³/mol. The number of nitro groups is 1. The third-order valence-corrected chi connectivity index (χ3v) is 3.36. The van der Waals surface area contributed by atoms with Gasteiger partial charge in [0.05, 0.1) is 15.6 Å². The maximum atomic E-state index is 13.1. The van der Waals surface area contributed by atoms with Gasteiger partial charge in [-0.3, -0.25) is 10.1 Å². The van der Waals surface area contributed by atoms with Gasteiger partial charge in [0.15, 0.2) is 0 Å². The van der Waals surface area contributed by atoms with Crippen molar-refractivity contribution in [3.63, 3.8) is 0 Å². The molecule has 0 bridgehead atoms. The molecule has 0 saturated carbocycles. The molecule has 0 spiro atoms. The summed E-state index contributed by atoms with van der Waals surface area (Å²) in [5.74, 6) is -1.13. The molecule has 0 aliphatic carbocycles. The van der Waals surface area contributed by atoms with Gasteiger partial charge in [-0.2, -0.15) is 13.2 Å². The van der Waals surface area contributed by atoms with Crippen LogP contribution in [0.2, 0.25) is 10.0 Å². The highest BCUT2D eigenvalue weighted by molar-refractivity contribution is 6.36. The summed E-state index contributed by atoms with van der Waals surface area (Å²) < 4.78 is 39.3. The molecule has 0 amide bonds. The van der Waals surface area contributed by atoms with Crippen molar-refractivity contribution in [2.75, 3.05) is 13.1 Å². The lowest BCUT2D eigenvalue weighted by atomic mass is 10.3. The van der Waals surface area contributed by atoms with Crippen LogP contribution in [0, 0.1) is 10.1 Å². The van der Waals surface area contributed by atoms with E-state index in [-0.39, 0.29) is 28.8 Å². The van der Waals surface area contributed by atoms with Crippen LogP contribution in [0.15, 0.2) is 17.1 Å². The lowest BCUT2D eigenvalue weighted by molar-refractivity contribution is -0.384. The van der Waals surface area contributed by atoms with Gasteiger partial charge in [0.25, 0.3) is 5.69 Å². The molecule has 122 valence electrons. The molecule has 0 atom stereocenters. The molecule has 0 heterocycles. The molecular formula is C12H12Cl2F3N3O2. The van der Waals surface area contributed by atoms with E-state index >= 15 is 0 Å². The average Bonchev–Trinajstić information content (AvgIpc) is 2.40. The van der Waals surface area contributed by atoms with E-state index in [4.69, 9.17) is 23.2 Å². The van der Waals surface area contributed by atoms with Gasteiger partial charge in [0.1, 0.15) is 5.02 Å².